The summed E-state index contributed by atoms with van der Waals surface area (Å²) >= 11 is 0. The normalized spacial score (nSPS) is 51.5. The highest BCUT2D eigenvalue weighted by Crippen LogP contribution is 2.51. The Bertz CT molecular complexity index is 740. The molecule has 8 atom stereocenters. The van der Waals surface area contributed by atoms with Crippen LogP contribution in [0.15, 0.2) is 0 Å². The first-order chi connectivity index (χ1) is 14.5. The summed E-state index contributed by atoms with van der Waals surface area (Å²) in [6, 6.07) is -0.226. The zero-order chi connectivity index (χ0) is 20.3. The third-order valence-corrected chi connectivity index (χ3v) is 9.03. The van der Waals surface area contributed by atoms with Crippen LogP contribution in [0.25, 0.3) is 0 Å². The summed E-state index contributed by atoms with van der Waals surface area (Å²) in [4.78, 5) is 55.2. The van der Waals surface area contributed by atoms with E-state index in [0.717, 1.165) is 25.7 Å². The van der Waals surface area contributed by atoms with Crippen molar-refractivity contribution in [3.05, 3.63) is 0 Å². The standard InChI is InChI=1S/C22H26N2O6/c25-19-15-11-5-6-12(29-11)16(15)20(26)23(19)9-1-2-10(4-3-9)24-21(27)17-13-7-8-14(30-13)18(17)22(24)28/h9-18H,1-8H2. The van der Waals surface area contributed by atoms with E-state index in [1.165, 1.54) is 9.80 Å². The number of imide groups is 2. The maximum Gasteiger partial charge on any atom is 0.236 e. The fraction of sp³-hybridized carbons (Fsp3) is 0.818. The molecule has 7 rings (SSSR count). The molecule has 6 aliphatic heterocycles. The molecule has 7 aliphatic rings. The van der Waals surface area contributed by atoms with Crippen molar-refractivity contribution >= 4 is 23.6 Å². The second kappa shape index (κ2) is 5.91. The molecule has 4 amide bonds. The van der Waals surface area contributed by atoms with Gasteiger partial charge in [0.15, 0.2) is 0 Å². The van der Waals surface area contributed by atoms with E-state index in [9.17, 15) is 19.2 Å². The molecule has 8 heteroatoms. The quantitative estimate of drug-likeness (QED) is 0.615. The van der Waals surface area contributed by atoms with E-state index in [1.54, 1.807) is 0 Å². The van der Waals surface area contributed by atoms with Crippen LogP contribution in [0.2, 0.25) is 0 Å². The number of rotatable bonds is 2. The molecule has 6 saturated heterocycles. The predicted octanol–water partition coefficient (Wildman–Crippen LogP) is 0.622. The van der Waals surface area contributed by atoms with Crippen LogP contribution in [0.3, 0.4) is 0 Å². The molecule has 1 saturated carbocycles. The Morgan fingerprint density at radius 1 is 0.467 bits per heavy atom. The first-order valence-electron chi connectivity index (χ1n) is 11.6. The van der Waals surface area contributed by atoms with Gasteiger partial charge in [-0.3, -0.25) is 29.0 Å². The highest BCUT2D eigenvalue weighted by Gasteiger charge is 2.65. The SMILES string of the molecule is O=C1C2C3CCC(O3)C2C(=O)N1C1CCC(N2C(=O)C3C4CCC(O4)C3C2=O)CC1. The highest BCUT2D eigenvalue weighted by atomic mass is 16.5. The predicted molar refractivity (Wildman–Crippen MR) is 99.5 cm³/mol. The Hall–Kier alpha value is -1.80. The summed E-state index contributed by atoms with van der Waals surface area (Å²) in [6.07, 6.45) is 5.78. The summed E-state index contributed by atoms with van der Waals surface area (Å²) in [6.45, 7) is 0. The number of hydrogen-bond acceptors (Lipinski definition) is 6. The lowest BCUT2D eigenvalue weighted by molar-refractivity contribution is -0.151. The van der Waals surface area contributed by atoms with Crippen LogP contribution in [0.1, 0.15) is 51.4 Å². The van der Waals surface area contributed by atoms with Gasteiger partial charge < -0.3 is 9.47 Å². The van der Waals surface area contributed by atoms with E-state index in [0.29, 0.717) is 25.7 Å². The van der Waals surface area contributed by atoms with Crippen molar-refractivity contribution in [2.75, 3.05) is 0 Å². The second-order valence-corrected chi connectivity index (χ2v) is 10.2. The number of fused-ring (bicyclic) bond motifs is 10. The third kappa shape index (κ3) is 2.04. The van der Waals surface area contributed by atoms with Gasteiger partial charge >= 0.3 is 0 Å². The van der Waals surface area contributed by atoms with Crippen LogP contribution >= 0.6 is 0 Å². The van der Waals surface area contributed by atoms with Gasteiger partial charge in [-0.1, -0.05) is 0 Å². The molecule has 1 aliphatic carbocycles. The molecule has 8 nitrogen and oxygen atoms in total. The molecular weight excluding hydrogens is 388 g/mol. The lowest BCUT2D eigenvalue weighted by atomic mass is 9.81. The minimum atomic E-state index is -0.287. The van der Waals surface area contributed by atoms with Crippen molar-refractivity contribution in [2.24, 2.45) is 23.7 Å². The van der Waals surface area contributed by atoms with Crippen LogP contribution < -0.4 is 0 Å². The molecule has 0 spiro atoms. The number of carbonyl (C=O) groups is 4. The average molecular weight is 414 g/mol. The first-order valence-corrected chi connectivity index (χ1v) is 11.6. The second-order valence-electron chi connectivity index (χ2n) is 10.2. The Morgan fingerprint density at radius 3 is 1.00 bits per heavy atom. The Morgan fingerprint density at radius 2 is 0.733 bits per heavy atom. The molecule has 0 N–H and O–H groups in total. The number of likely N-dealkylation sites (tertiary alicyclic amines) is 2. The average Bonchev–Trinajstić information content (AvgIpc) is 3.56. The third-order valence-electron chi connectivity index (χ3n) is 9.03. The summed E-state index contributed by atoms with van der Waals surface area (Å²) < 4.78 is 11.6. The zero-order valence-corrected chi connectivity index (χ0v) is 16.8. The van der Waals surface area contributed by atoms with Gasteiger partial charge in [-0.15, -0.1) is 0 Å². The lowest BCUT2D eigenvalue weighted by Crippen LogP contribution is -2.49. The first kappa shape index (κ1) is 17.8. The molecule has 4 bridgehead atoms. The van der Waals surface area contributed by atoms with E-state index in [2.05, 4.69) is 0 Å². The van der Waals surface area contributed by atoms with Gasteiger partial charge in [0.1, 0.15) is 0 Å². The Labute approximate surface area is 174 Å². The molecular formula is C22H26N2O6. The Balaban J connectivity index is 1.06. The van der Waals surface area contributed by atoms with Crippen LogP contribution in [-0.4, -0.2) is 69.9 Å². The minimum Gasteiger partial charge on any atom is -0.373 e. The van der Waals surface area contributed by atoms with Gasteiger partial charge in [-0.25, -0.2) is 0 Å². The Kier molecular flexibility index (Phi) is 3.51. The number of nitrogens with zero attached hydrogens (tertiary/aromatic N) is 2. The van der Waals surface area contributed by atoms with Gasteiger partial charge in [-0.05, 0) is 51.4 Å². The maximum atomic E-state index is 13.0. The van der Waals surface area contributed by atoms with Crippen LogP contribution in [0.4, 0.5) is 0 Å². The van der Waals surface area contributed by atoms with E-state index >= 15 is 0 Å². The molecule has 30 heavy (non-hydrogen) atoms. The zero-order valence-electron chi connectivity index (χ0n) is 16.8. The van der Waals surface area contributed by atoms with E-state index in [1.807, 2.05) is 0 Å². The number of ether oxygens (including phenoxy) is 2. The smallest absolute Gasteiger partial charge is 0.236 e. The molecule has 7 fully saturated rings. The summed E-state index contributed by atoms with van der Waals surface area (Å²) in [5.41, 5.74) is 0. The van der Waals surface area contributed by atoms with Crippen LogP contribution in [0.5, 0.6) is 0 Å². The van der Waals surface area contributed by atoms with Crippen molar-refractivity contribution in [3.8, 4) is 0 Å². The number of amides is 4. The molecule has 0 aromatic heterocycles. The van der Waals surface area contributed by atoms with Crippen molar-refractivity contribution in [2.45, 2.75) is 87.9 Å². The lowest BCUT2D eigenvalue weighted by Gasteiger charge is -2.37. The van der Waals surface area contributed by atoms with Gasteiger partial charge in [0.2, 0.25) is 23.6 Å². The van der Waals surface area contributed by atoms with Gasteiger partial charge in [0.05, 0.1) is 48.1 Å². The van der Waals surface area contributed by atoms with Gasteiger partial charge in [-0.2, -0.15) is 0 Å². The monoisotopic (exact) mass is 414 g/mol. The molecule has 0 aromatic carbocycles. The van der Waals surface area contributed by atoms with Crippen molar-refractivity contribution in [1.29, 1.82) is 0 Å². The summed E-state index contributed by atoms with van der Waals surface area (Å²) in [7, 11) is 0. The van der Waals surface area contributed by atoms with Crippen LogP contribution in [0, 0.1) is 23.7 Å². The fourth-order valence-electron chi connectivity index (χ4n) is 7.76. The molecule has 0 aromatic rings. The highest BCUT2D eigenvalue weighted by molar-refractivity contribution is 6.07. The molecule has 6 heterocycles. The molecule has 8 unspecified atom stereocenters. The van der Waals surface area contributed by atoms with Gasteiger partial charge in [0, 0.05) is 12.1 Å². The number of hydrogen-bond donors (Lipinski definition) is 0. The van der Waals surface area contributed by atoms with Crippen molar-refractivity contribution in [1.82, 2.24) is 9.80 Å². The van der Waals surface area contributed by atoms with Crippen LogP contribution in [-0.2, 0) is 28.7 Å². The van der Waals surface area contributed by atoms with E-state index in [4.69, 9.17) is 9.47 Å². The molecule has 0 radical (unpaired) electrons. The minimum absolute atomic E-state index is 0.0581. The van der Waals surface area contributed by atoms with E-state index in [-0.39, 0.29) is 83.8 Å². The number of carbonyl (C=O) groups excluding carboxylic acids is 4. The summed E-state index contributed by atoms with van der Waals surface area (Å²) in [5, 5.41) is 0. The topological polar surface area (TPSA) is 93.2 Å². The summed E-state index contributed by atoms with van der Waals surface area (Å²) in [5.74, 6) is -1.38. The van der Waals surface area contributed by atoms with Crippen molar-refractivity contribution in [3.63, 3.8) is 0 Å². The van der Waals surface area contributed by atoms with E-state index < -0.39 is 0 Å². The largest absolute Gasteiger partial charge is 0.373 e. The fourth-order valence-corrected chi connectivity index (χ4v) is 7.76. The van der Waals surface area contributed by atoms with Crippen molar-refractivity contribution < 1.29 is 28.7 Å². The van der Waals surface area contributed by atoms with Gasteiger partial charge in [0.25, 0.3) is 0 Å². The molecule has 160 valence electrons. The maximum absolute atomic E-state index is 13.0.